The molecule has 0 saturated heterocycles. The molecule has 0 radical (unpaired) electrons. The normalized spacial score (nSPS) is 22.6. The Morgan fingerprint density at radius 1 is 1.47 bits per heavy atom. The van der Waals surface area contributed by atoms with Crippen LogP contribution in [0.5, 0.6) is 0 Å². The van der Waals surface area contributed by atoms with Gasteiger partial charge in [-0.05, 0) is 26.8 Å². The maximum absolute atomic E-state index is 13.0. The van der Waals surface area contributed by atoms with Crippen LogP contribution in [0.4, 0.5) is 8.78 Å². The zero-order chi connectivity index (χ0) is 12.5. The van der Waals surface area contributed by atoms with Crippen LogP contribution in [-0.4, -0.2) is 18.0 Å². The summed E-state index contributed by atoms with van der Waals surface area (Å²) in [7, 11) is 1.83. The molecule has 1 N–H and O–H groups in total. The van der Waals surface area contributed by atoms with Gasteiger partial charge in [0, 0.05) is 18.8 Å². The van der Waals surface area contributed by atoms with Crippen LogP contribution in [0.1, 0.15) is 56.2 Å². The van der Waals surface area contributed by atoms with Crippen LogP contribution in [-0.2, 0) is 0 Å². The minimum atomic E-state index is -2.49. The van der Waals surface area contributed by atoms with Crippen LogP contribution in [0.15, 0.2) is 10.6 Å². The second kappa shape index (κ2) is 4.72. The van der Waals surface area contributed by atoms with Gasteiger partial charge >= 0.3 is 0 Å². The number of rotatable bonds is 3. The molecule has 2 rings (SSSR count). The number of hydrogen-bond acceptors (Lipinski definition) is 3. The first-order chi connectivity index (χ1) is 8.02. The van der Waals surface area contributed by atoms with Gasteiger partial charge < -0.3 is 9.73 Å². The van der Waals surface area contributed by atoms with E-state index in [0.717, 1.165) is 5.76 Å². The van der Waals surface area contributed by atoms with Crippen molar-refractivity contribution >= 4 is 0 Å². The summed E-state index contributed by atoms with van der Waals surface area (Å²) in [4.78, 5) is 4.18. The summed E-state index contributed by atoms with van der Waals surface area (Å²) in [6.07, 6.45) is 2.55. The van der Waals surface area contributed by atoms with Gasteiger partial charge in [0.25, 0.3) is 0 Å². The molecule has 96 valence electrons. The molecule has 1 unspecified atom stereocenters. The molecule has 17 heavy (non-hydrogen) atoms. The lowest BCUT2D eigenvalue weighted by Gasteiger charge is -2.26. The summed E-state index contributed by atoms with van der Waals surface area (Å²) in [5, 5.41) is 3.03. The Bertz CT molecular complexity index is 368. The topological polar surface area (TPSA) is 38.1 Å². The summed E-state index contributed by atoms with van der Waals surface area (Å²) in [6, 6.07) is 0.0498. The van der Waals surface area contributed by atoms with Gasteiger partial charge in [0.2, 0.25) is 11.8 Å². The van der Waals surface area contributed by atoms with E-state index >= 15 is 0 Å². The summed E-state index contributed by atoms with van der Waals surface area (Å²) in [6.45, 7) is 1.95. The SMILES string of the molecule is CNC(C)c1ncc(C2CCC(F)(F)CC2)o1. The molecule has 1 heterocycles. The summed E-state index contributed by atoms with van der Waals surface area (Å²) in [5.74, 6) is -1.02. The Hall–Kier alpha value is -0.970. The smallest absolute Gasteiger partial charge is 0.248 e. The molecule has 3 nitrogen and oxygen atoms in total. The third-order valence-corrected chi connectivity index (χ3v) is 3.46. The zero-order valence-electron chi connectivity index (χ0n) is 10.2. The highest BCUT2D eigenvalue weighted by Crippen LogP contribution is 2.41. The zero-order valence-corrected chi connectivity index (χ0v) is 10.2. The Morgan fingerprint density at radius 2 is 2.12 bits per heavy atom. The largest absolute Gasteiger partial charge is 0.444 e. The highest BCUT2D eigenvalue weighted by molar-refractivity contribution is 5.05. The number of halogens is 2. The van der Waals surface area contributed by atoms with E-state index in [1.807, 2.05) is 14.0 Å². The van der Waals surface area contributed by atoms with Crippen molar-refractivity contribution in [1.82, 2.24) is 10.3 Å². The number of nitrogens with one attached hydrogen (secondary N) is 1. The van der Waals surface area contributed by atoms with Crippen molar-refractivity contribution in [2.75, 3.05) is 7.05 Å². The highest BCUT2D eigenvalue weighted by Gasteiger charge is 2.36. The maximum atomic E-state index is 13.0. The third kappa shape index (κ3) is 2.83. The van der Waals surface area contributed by atoms with Crippen LogP contribution < -0.4 is 5.32 Å². The molecule has 1 saturated carbocycles. The van der Waals surface area contributed by atoms with Crippen molar-refractivity contribution in [3.05, 3.63) is 17.8 Å². The molecule has 0 amide bonds. The van der Waals surface area contributed by atoms with Gasteiger partial charge in [-0.15, -0.1) is 0 Å². The molecule has 0 bridgehead atoms. The molecule has 1 fully saturated rings. The van der Waals surface area contributed by atoms with Crippen molar-refractivity contribution in [3.8, 4) is 0 Å². The van der Waals surface area contributed by atoms with E-state index in [9.17, 15) is 8.78 Å². The monoisotopic (exact) mass is 244 g/mol. The van der Waals surface area contributed by atoms with Gasteiger partial charge in [-0.2, -0.15) is 0 Å². The lowest BCUT2D eigenvalue weighted by molar-refractivity contribution is -0.0396. The van der Waals surface area contributed by atoms with E-state index in [1.54, 1.807) is 6.20 Å². The second-order valence-corrected chi connectivity index (χ2v) is 4.74. The van der Waals surface area contributed by atoms with E-state index in [-0.39, 0.29) is 24.8 Å². The average molecular weight is 244 g/mol. The second-order valence-electron chi connectivity index (χ2n) is 4.74. The van der Waals surface area contributed by atoms with Gasteiger partial charge in [-0.25, -0.2) is 13.8 Å². The van der Waals surface area contributed by atoms with Crippen molar-refractivity contribution in [2.24, 2.45) is 0 Å². The van der Waals surface area contributed by atoms with Crippen LogP contribution in [0.25, 0.3) is 0 Å². The maximum Gasteiger partial charge on any atom is 0.248 e. The van der Waals surface area contributed by atoms with Crippen molar-refractivity contribution in [1.29, 1.82) is 0 Å². The van der Waals surface area contributed by atoms with Crippen molar-refractivity contribution in [2.45, 2.75) is 50.5 Å². The number of oxazole rings is 1. The van der Waals surface area contributed by atoms with E-state index in [0.29, 0.717) is 18.7 Å². The third-order valence-electron chi connectivity index (χ3n) is 3.46. The molecule has 1 atom stereocenters. The van der Waals surface area contributed by atoms with Gasteiger partial charge in [-0.1, -0.05) is 0 Å². The lowest BCUT2D eigenvalue weighted by atomic mass is 9.85. The first kappa shape index (κ1) is 12.5. The van der Waals surface area contributed by atoms with Gasteiger partial charge in [-0.3, -0.25) is 0 Å². The molecule has 1 aromatic heterocycles. The number of aromatic nitrogens is 1. The van der Waals surface area contributed by atoms with Crippen molar-refractivity contribution < 1.29 is 13.2 Å². The van der Waals surface area contributed by atoms with E-state index in [4.69, 9.17) is 4.42 Å². The van der Waals surface area contributed by atoms with Crippen molar-refractivity contribution in [3.63, 3.8) is 0 Å². The average Bonchev–Trinajstić information content (AvgIpc) is 2.77. The molecule has 5 heteroatoms. The van der Waals surface area contributed by atoms with Crippen LogP contribution in [0, 0.1) is 0 Å². The first-order valence-corrected chi connectivity index (χ1v) is 6.02. The highest BCUT2D eigenvalue weighted by atomic mass is 19.3. The van der Waals surface area contributed by atoms with Gasteiger partial charge in [0.05, 0.1) is 12.2 Å². The Labute approximate surface area is 99.6 Å². The predicted octanol–water partition coefficient (Wildman–Crippen LogP) is 3.25. The van der Waals surface area contributed by atoms with E-state index in [1.165, 1.54) is 0 Å². The molecular weight excluding hydrogens is 226 g/mol. The number of hydrogen-bond donors (Lipinski definition) is 1. The minimum absolute atomic E-state index is 0.0463. The molecule has 1 aromatic rings. The minimum Gasteiger partial charge on any atom is -0.444 e. The molecule has 1 aliphatic rings. The first-order valence-electron chi connectivity index (χ1n) is 6.02. The summed E-state index contributed by atoms with van der Waals surface area (Å²) >= 11 is 0. The summed E-state index contributed by atoms with van der Waals surface area (Å²) < 4.78 is 31.7. The quantitative estimate of drug-likeness (QED) is 0.887. The summed E-state index contributed by atoms with van der Waals surface area (Å²) in [5.41, 5.74) is 0. The lowest BCUT2D eigenvalue weighted by Crippen LogP contribution is -2.23. The fourth-order valence-electron chi connectivity index (χ4n) is 2.14. The standard InChI is InChI=1S/C12H18F2N2O/c1-8(15-2)11-16-7-10(17-11)9-3-5-12(13,14)6-4-9/h7-9,15H,3-6H2,1-2H3. The molecule has 0 aromatic carbocycles. The molecule has 0 aliphatic heterocycles. The molecule has 1 aliphatic carbocycles. The van der Waals surface area contributed by atoms with Gasteiger partial charge in [0.1, 0.15) is 5.76 Å². The molecular formula is C12H18F2N2O. The van der Waals surface area contributed by atoms with Gasteiger partial charge in [0.15, 0.2) is 0 Å². The Morgan fingerprint density at radius 3 is 2.71 bits per heavy atom. The number of nitrogens with zero attached hydrogens (tertiary/aromatic N) is 1. The Kier molecular flexibility index (Phi) is 3.47. The fraction of sp³-hybridized carbons (Fsp3) is 0.750. The Balaban J connectivity index is 2.01. The van der Waals surface area contributed by atoms with E-state index in [2.05, 4.69) is 10.3 Å². The van der Waals surface area contributed by atoms with Crippen LogP contribution >= 0.6 is 0 Å². The van der Waals surface area contributed by atoms with E-state index < -0.39 is 5.92 Å². The van der Waals surface area contributed by atoms with Crippen LogP contribution in [0.3, 0.4) is 0 Å². The van der Waals surface area contributed by atoms with Crippen LogP contribution in [0.2, 0.25) is 0 Å². The fourth-order valence-corrected chi connectivity index (χ4v) is 2.14. The predicted molar refractivity (Wildman–Crippen MR) is 60.1 cm³/mol. The molecule has 0 spiro atoms. The number of alkyl halides is 2.